The summed E-state index contributed by atoms with van der Waals surface area (Å²) < 4.78 is 24.2. The van der Waals surface area contributed by atoms with Crippen LogP contribution in [0.2, 0.25) is 0 Å². The summed E-state index contributed by atoms with van der Waals surface area (Å²) in [7, 11) is -3.28. The van der Waals surface area contributed by atoms with Gasteiger partial charge in [0, 0.05) is 12.6 Å². The number of aromatic hydroxyl groups is 1. The first-order chi connectivity index (χ1) is 7.30. The van der Waals surface area contributed by atoms with Crippen molar-refractivity contribution in [2.24, 2.45) is 5.41 Å². The summed E-state index contributed by atoms with van der Waals surface area (Å²) in [5, 5.41) is 12.4. The van der Waals surface area contributed by atoms with Crippen LogP contribution >= 0.6 is 0 Å². The number of sulfone groups is 1. The Kier molecular flexibility index (Phi) is 2.38. The van der Waals surface area contributed by atoms with Crippen LogP contribution in [0, 0.1) is 5.41 Å². The third kappa shape index (κ3) is 2.00. The number of phenolic OH excluding ortho intramolecular Hbond substituents is 1. The molecule has 16 heavy (non-hydrogen) atoms. The van der Waals surface area contributed by atoms with Crippen LogP contribution in [0.15, 0.2) is 23.1 Å². The minimum atomic E-state index is -3.28. The van der Waals surface area contributed by atoms with Crippen molar-refractivity contribution >= 4 is 15.5 Å². The zero-order valence-corrected chi connectivity index (χ0v) is 10.1. The van der Waals surface area contributed by atoms with Crippen molar-refractivity contribution in [1.82, 2.24) is 0 Å². The molecule has 2 rings (SSSR count). The van der Waals surface area contributed by atoms with Crippen LogP contribution in [-0.4, -0.2) is 25.8 Å². The highest BCUT2D eigenvalue weighted by atomic mass is 32.2. The van der Waals surface area contributed by atoms with Crippen LogP contribution in [-0.2, 0) is 9.84 Å². The maximum absolute atomic E-state index is 12.1. The average molecular weight is 241 g/mol. The van der Waals surface area contributed by atoms with E-state index in [9.17, 15) is 13.5 Å². The van der Waals surface area contributed by atoms with Crippen molar-refractivity contribution in [3.63, 3.8) is 0 Å². The average Bonchev–Trinajstić information content (AvgIpc) is 2.20. The molecule has 1 aromatic carbocycles. The zero-order valence-electron chi connectivity index (χ0n) is 9.32. The SMILES string of the molecule is CC1(C)CNc2cc(O)ccc2S(=O)(=O)C1. The Hall–Kier alpha value is -1.23. The number of nitrogens with one attached hydrogen (secondary N) is 1. The van der Waals surface area contributed by atoms with Crippen molar-refractivity contribution in [2.75, 3.05) is 17.6 Å². The lowest BCUT2D eigenvalue weighted by atomic mass is 9.96. The van der Waals surface area contributed by atoms with Crippen LogP contribution < -0.4 is 5.32 Å². The van der Waals surface area contributed by atoms with E-state index < -0.39 is 9.84 Å². The molecular weight excluding hydrogens is 226 g/mol. The molecule has 1 aromatic rings. The molecule has 0 aromatic heterocycles. The molecule has 0 saturated heterocycles. The fraction of sp³-hybridized carbons (Fsp3) is 0.455. The summed E-state index contributed by atoms with van der Waals surface area (Å²) in [6.45, 7) is 4.38. The first-order valence-electron chi connectivity index (χ1n) is 5.10. The van der Waals surface area contributed by atoms with Gasteiger partial charge in [-0.2, -0.15) is 0 Å². The van der Waals surface area contributed by atoms with E-state index in [0.29, 0.717) is 12.2 Å². The van der Waals surface area contributed by atoms with Crippen LogP contribution in [0.5, 0.6) is 5.75 Å². The summed E-state index contributed by atoms with van der Waals surface area (Å²) in [5.74, 6) is 0.186. The van der Waals surface area contributed by atoms with Gasteiger partial charge >= 0.3 is 0 Å². The van der Waals surface area contributed by atoms with E-state index in [1.54, 1.807) is 0 Å². The Morgan fingerprint density at radius 2 is 2.06 bits per heavy atom. The molecule has 1 aliphatic heterocycles. The molecule has 0 radical (unpaired) electrons. The lowest BCUT2D eigenvalue weighted by Crippen LogP contribution is -2.28. The number of rotatable bonds is 0. The Morgan fingerprint density at radius 3 is 2.75 bits per heavy atom. The summed E-state index contributed by atoms with van der Waals surface area (Å²) in [6, 6.07) is 4.30. The van der Waals surface area contributed by atoms with Crippen molar-refractivity contribution in [1.29, 1.82) is 0 Å². The number of phenols is 1. The number of fused-ring (bicyclic) bond motifs is 1. The summed E-state index contributed by atoms with van der Waals surface area (Å²) in [4.78, 5) is 0.274. The lowest BCUT2D eigenvalue weighted by Gasteiger charge is -2.20. The van der Waals surface area contributed by atoms with Crippen LogP contribution in [0.3, 0.4) is 0 Å². The van der Waals surface area contributed by atoms with E-state index in [0.717, 1.165) is 0 Å². The molecule has 2 N–H and O–H groups in total. The van der Waals surface area contributed by atoms with Gasteiger partial charge in [0.05, 0.1) is 16.3 Å². The van der Waals surface area contributed by atoms with Crippen molar-refractivity contribution in [3.8, 4) is 5.75 Å². The molecular formula is C11H15NO3S. The van der Waals surface area contributed by atoms with Crippen LogP contribution in [0.1, 0.15) is 13.8 Å². The molecule has 0 unspecified atom stereocenters. The smallest absolute Gasteiger partial charge is 0.181 e. The fourth-order valence-corrected chi connectivity index (χ4v) is 3.93. The maximum Gasteiger partial charge on any atom is 0.181 e. The lowest BCUT2D eigenvalue weighted by molar-refractivity contribution is 0.442. The van der Waals surface area contributed by atoms with Gasteiger partial charge in [0.1, 0.15) is 5.75 Å². The molecule has 88 valence electrons. The molecule has 0 saturated carbocycles. The summed E-state index contributed by atoms with van der Waals surface area (Å²) >= 11 is 0. The highest BCUT2D eigenvalue weighted by Crippen LogP contribution is 2.34. The monoisotopic (exact) mass is 241 g/mol. The van der Waals surface area contributed by atoms with E-state index in [1.807, 2.05) is 13.8 Å². The van der Waals surface area contributed by atoms with Gasteiger partial charge in [-0.05, 0) is 17.5 Å². The largest absolute Gasteiger partial charge is 0.508 e. The third-order valence-electron chi connectivity index (χ3n) is 2.64. The normalized spacial score (nSPS) is 21.6. The summed E-state index contributed by atoms with van der Waals surface area (Å²) in [6.07, 6.45) is 0. The predicted molar refractivity (Wildman–Crippen MR) is 62.4 cm³/mol. The van der Waals surface area contributed by atoms with Gasteiger partial charge in [-0.15, -0.1) is 0 Å². The van der Waals surface area contributed by atoms with Crippen molar-refractivity contribution < 1.29 is 13.5 Å². The highest BCUT2D eigenvalue weighted by molar-refractivity contribution is 7.91. The topological polar surface area (TPSA) is 66.4 Å². The Bertz CT molecular complexity index is 520. The molecule has 0 bridgehead atoms. The zero-order chi connectivity index (χ0) is 12.0. The van der Waals surface area contributed by atoms with Gasteiger partial charge < -0.3 is 10.4 Å². The molecule has 0 fully saturated rings. The molecule has 5 heteroatoms. The van der Waals surface area contributed by atoms with Crippen molar-refractivity contribution in [2.45, 2.75) is 18.7 Å². The fourth-order valence-electron chi connectivity index (χ4n) is 1.91. The molecule has 1 heterocycles. The van der Waals surface area contributed by atoms with E-state index in [4.69, 9.17) is 0 Å². The van der Waals surface area contributed by atoms with Gasteiger partial charge in [-0.25, -0.2) is 8.42 Å². The van der Waals surface area contributed by atoms with Crippen molar-refractivity contribution in [3.05, 3.63) is 18.2 Å². The minimum Gasteiger partial charge on any atom is -0.508 e. The van der Waals surface area contributed by atoms with Gasteiger partial charge in [0.25, 0.3) is 0 Å². The molecule has 0 amide bonds. The Labute approximate surface area is 95.2 Å². The standard InChI is InChI=1S/C11H15NO3S/c1-11(2)6-12-9-5-8(13)3-4-10(9)16(14,15)7-11/h3-5,12-13H,6-7H2,1-2H3. The highest BCUT2D eigenvalue weighted by Gasteiger charge is 2.32. The first-order valence-corrected chi connectivity index (χ1v) is 6.75. The summed E-state index contributed by atoms with van der Waals surface area (Å²) in [5.41, 5.74) is 0.179. The van der Waals surface area contributed by atoms with E-state index in [2.05, 4.69) is 5.32 Å². The maximum atomic E-state index is 12.1. The van der Waals surface area contributed by atoms with Crippen LogP contribution in [0.25, 0.3) is 0 Å². The molecule has 0 atom stereocenters. The molecule has 0 aliphatic carbocycles. The number of benzene rings is 1. The Balaban J connectivity index is 2.59. The second-order valence-corrected chi connectivity index (χ2v) is 6.92. The number of hydrogen-bond acceptors (Lipinski definition) is 4. The minimum absolute atomic E-state index is 0.0705. The molecule has 0 spiro atoms. The van der Waals surface area contributed by atoms with Crippen LogP contribution in [0.4, 0.5) is 5.69 Å². The second-order valence-electron chi connectivity index (χ2n) is 4.96. The van der Waals surface area contributed by atoms with Gasteiger partial charge in [0.2, 0.25) is 0 Å². The third-order valence-corrected chi connectivity index (χ3v) is 4.82. The van der Waals surface area contributed by atoms with Gasteiger partial charge in [0.15, 0.2) is 9.84 Å². The van der Waals surface area contributed by atoms with E-state index >= 15 is 0 Å². The molecule has 1 aliphatic rings. The van der Waals surface area contributed by atoms with Gasteiger partial charge in [-0.3, -0.25) is 0 Å². The quantitative estimate of drug-likeness (QED) is 0.724. The predicted octanol–water partition coefficient (Wildman–Crippen LogP) is 1.62. The first kappa shape index (κ1) is 11.3. The number of hydrogen-bond donors (Lipinski definition) is 2. The molecule has 4 nitrogen and oxygen atoms in total. The van der Waals surface area contributed by atoms with Gasteiger partial charge in [-0.1, -0.05) is 13.8 Å². The van der Waals surface area contributed by atoms with E-state index in [-0.39, 0.29) is 21.8 Å². The second kappa shape index (κ2) is 3.38. The van der Waals surface area contributed by atoms with E-state index in [1.165, 1.54) is 18.2 Å². The number of anilines is 1. The Morgan fingerprint density at radius 1 is 1.38 bits per heavy atom.